The van der Waals surface area contributed by atoms with Gasteiger partial charge in [-0.05, 0) is 6.42 Å². The molecule has 2 aliphatic rings. The number of nitrogens with two attached hydrogens (primary N) is 2. The smallest absolute Gasteiger partial charge is 0.278 e. The normalized spacial score (nSPS) is 19.2. The first-order chi connectivity index (χ1) is 17.7. The van der Waals surface area contributed by atoms with E-state index in [1.165, 1.54) is 23.9 Å². The van der Waals surface area contributed by atoms with E-state index in [9.17, 15) is 24.3 Å². The first-order valence-electron chi connectivity index (χ1n) is 11.0. The molecule has 0 radical (unpaired) electrons. The lowest BCUT2D eigenvalue weighted by Crippen LogP contribution is -2.71. The molecule has 2 atom stereocenters. The number of aliphatic carboxylic acids is 1. The predicted molar refractivity (Wildman–Crippen MR) is 129 cm³/mol. The third kappa shape index (κ3) is 5.39. The van der Waals surface area contributed by atoms with E-state index >= 15 is 0 Å². The summed E-state index contributed by atoms with van der Waals surface area (Å²) >= 11 is 2.16. The summed E-state index contributed by atoms with van der Waals surface area (Å²) in [6.45, 7) is 2.25. The van der Waals surface area contributed by atoms with Gasteiger partial charge in [-0.3, -0.25) is 19.3 Å². The summed E-state index contributed by atoms with van der Waals surface area (Å²) in [7, 11) is 0. The Hall–Kier alpha value is -4.05. The number of amides is 3. The van der Waals surface area contributed by atoms with Crippen molar-refractivity contribution in [3.8, 4) is 0 Å². The summed E-state index contributed by atoms with van der Waals surface area (Å²) in [6.07, 6.45) is 3.81. The number of β-lactam (4-membered cyclic amide) rings is 1. The fraction of sp³-hybridized carbons (Fsp3) is 0.333. The molecule has 0 saturated carbocycles. The van der Waals surface area contributed by atoms with Crippen molar-refractivity contribution in [2.24, 2.45) is 10.9 Å². The standard InChI is InChI=1S/C21H22N8O6S2/c1-2-7-35-26-12(16-25-21(23)37-27-16)17(31)24-13-18(32)29-14(20(33)34)11(9-36-19(13)29)8-28-5-3-10(4-6-28)15(22)30/h3-6,13,19H,2,7-9H2,1H3,(H5-,22,23,24,25,27,30,31,33,34)/t13?,19-/m1/s1. The van der Waals surface area contributed by atoms with E-state index in [-0.39, 0.29) is 41.3 Å². The number of primary amides is 1. The third-order valence-corrected chi connectivity index (χ3v) is 7.28. The van der Waals surface area contributed by atoms with Gasteiger partial charge in [0.15, 0.2) is 24.1 Å². The fourth-order valence-corrected chi connectivity index (χ4v) is 5.44. The molecule has 3 amide bonds. The second kappa shape index (κ2) is 10.9. The van der Waals surface area contributed by atoms with Crippen molar-refractivity contribution in [2.45, 2.75) is 31.3 Å². The Morgan fingerprint density at radius 3 is 2.68 bits per heavy atom. The maximum atomic E-state index is 13.0. The Kier molecular flexibility index (Phi) is 7.68. The number of rotatable bonds is 10. The van der Waals surface area contributed by atoms with Crippen molar-refractivity contribution >= 4 is 57.8 Å². The number of anilines is 1. The minimum absolute atomic E-state index is 0.0481. The minimum atomic E-state index is -1.51. The van der Waals surface area contributed by atoms with Gasteiger partial charge in [0, 0.05) is 35.0 Å². The number of carbonyl (C=O) groups excluding carboxylic acids is 4. The van der Waals surface area contributed by atoms with Crippen LogP contribution in [-0.2, 0) is 25.8 Å². The summed E-state index contributed by atoms with van der Waals surface area (Å²) < 4.78 is 5.63. The van der Waals surface area contributed by atoms with Crippen LogP contribution in [0.25, 0.3) is 0 Å². The number of thioether (sulfide) groups is 1. The van der Waals surface area contributed by atoms with E-state index in [0.29, 0.717) is 17.6 Å². The van der Waals surface area contributed by atoms with Gasteiger partial charge in [-0.15, -0.1) is 11.8 Å². The van der Waals surface area contributed by atoms with Crippen LogP contribution in [0, 0.1) is 0 Å². The number of nitrogens with zero attached hydrogens (tertiary/aromatic N) is 5. The SMILES string of the molecule is CCCON=C(C(=O)NC1C(=O)N2C(C(=O)[O-])=C(C[n+]3ccc(C(N)=O)cc3)CS[C@H]12)c1nsc(N)n1. The quantitative estimate of drug-likeness (QED) is 0.0957. The van der Waals surface area contributed by atoms with Crippen molar-refractivity contribution in [3.05, 3.63) is 47.2 Å². The maximum absolute atomic E-state index is 13.0. The molecule has 37 heavy (non-hydrogen) atoms. The van der Waals surface area contributed by atoms with E-state index < -0.39 is 35.1 Å². The van der Waals surface area contributed by atoms with Crippen LogP contribution >= 0.6 is 23.3 Å². The van der Waals surface area contributed by atoms with Gasteiger partial charge in [0.25, 0.3) is 11.8 Å². The highest BCUT2D eigenvalue weighted by atomic mass is 32.2. The van der Waals surface area contributed by atoms with Gasteiger partial charge in [0.1, 0.15) is 18.0 Å². The largest absolute Gasteiger partial charge is 0.543 e. The molecule has 2 aliphatic heterocycles. The molecule has 1 unspecified atom stereocenters. The lowest BCUT2D eigenvalue weighted by molar-refractivity contribution is -0.689. The molecule has 4 heterocycles. The second-order valence-electron chi connectivity index (χ2n) is 7.95. The number of carboxylic acid groups (broad SMARTS) is 1. The number of carboxylic acids is 1. The van der Waals surface area contributed by atoms with E-state index in [2.05, 4.69) is 19.8 Å². The first-order valence-corrected chi connectivity index (χ1v) is 12.8. The van der Waals surface area contributed by atoms with Crippen molar-refractivity contribution in [1.82, 2.24) is 19.6 Å². The molecule has 0 bridgehead atoms. The molecular weight excluding hydrogens is 524 g/mol. The molecule has 1 saturated heterocycles. The molecular formula is C21H22N8O6S2. The lowest BCUT2D eigenvalue weighted by atomic mass is 10.0. The highest BCUT2D eigenvalue weighted by Crippen LogP contribution is 2.40. The highest BCUT2D eigenvalue weighted by molar-refractivity contribution is 8.00. The van der Waals surface area contributed by atoms with Crippen LogP contribution in [0.2, 0.25) is 0 Å². The molecule has 14 nitrogen and oxygen atoms in total. The number of nitrogen functional groups attached to an aromatic ring is 1. The van der Waals surface area contributed by atoms with Gasteiger partial charge < -0.3 is 31.5 Å². The van der Waals surface area contributed by atoms with Gasteiger partial charge in [0.2, 0.25) is 17.4 Å². The molecule has 2 aromatic heterocycles. The molecule has 2 aromatic rings. The number of nitrogens with one attached hydrogen (secondary N) is 1. The summed E-state index contributed by atoms with van der Waals surface area (Å²) in [5.41, 5.74) is 11.1. The Balaban J connectivity index is 1.51. The number of carbonyl (C=O) groups is 4. The third-order valence-electron chi connectivity index (χ3n) is 5.40. The number of oxime groups is 1. The zero-order chi connectivity index (χ0) is 26.7. The van der Waals surface area contributed by atoms with Crippen molar-refractivity contribution < 1.29 is 33.7 Å². The van der Waals surface area contributed by atoms with Crippen molar-refractivity contribution in [1.29, 1.82) is 0 Å². The molecule has 0 aliphatic carbocycles. The van der Waals surface area contributed by atoms with Gasteiger partial charge in [-0.2, -0.15) is 9.36 Å². The van der Waals surface area contributed by atoms with Crippen LogP contribution < -0.4 is 26.5 Å². The Bertz CT molecular complexity index is 1310. The first kappa shape index (κ1) is 26.0. The Labute approximate surface area is 218 Å². The van der Waals surface area contributed by atoms with Gasteiger partial charge in [-0.25, -0.2) is 4.57 Å². The predicted octanol–water partition coefficient (Wildman–Crippen LogP) is -2.26. The number of aromatic nitrogens is 3. The van der Waals surface area contributed by atoms with Crippen molar-refractivity contribution in [3.63, 3.8) is 0 Å². The average molecular weight is 547 g/mol. The van der Waals surface area contributed by atoms with E-state index in [0.717, 1.165) is 16.4 Å². The van der Waals surface area contributed by atoms with Crippen LogP contribution in [0.15, 0.2) is 41.0 Å². The molecule has 16 heteroatoms. The minimum Gasteiger partial charge on any atom is -0.543 e. The topological polar surface area (TPSA) is 210 Å². The average Bonchev–Trinajstić information content (AvgIpc) is 3.30. The zero-order valence-electron chi connectivity index (χ0n) is 19.4. The van der Waals surface area contributed by atoms with E-state index in [4.69, 9.17) is 16.3 Å². The van der Waals surface area contributed by atoms with E-state index in [1.54, 1.807) is 17.0 Å². The molecule has 194 valence electrons. The Morgan fingerprint density at radius 2 is 2.08 bits per heavy atom. The second-order valence-corrected chi connectivity index (χ2v) is 9.84. The van der Waals surface area contributed by atoms with Crippen LogP contribution in [0.1, 0.15) is 29.5 Å². The number of pyridine rings is 1. The van der Waals surface area contributed by atoms with Gasteiger partial charge >= 0.3 is 0 Å². The fourth-order valence-electron chi connectivity index (χ4n) is 3.67. The zero-order valence-corrected chi connectivity index (χ0v) is 21.1. The number of hydrogen-bond donors (Lipinski definition) is 3. The molecule has 1 fully saturated rings. The summed E-state index contributed by atoms with van der Waals surface area (Å²) in [6, 6.07) is 2.01. The van der Waals surface area contributed by atoms with Crippen molar-refractivity contribution in [2.75, 3.05) is 18.1 Å². The maximum Gasteiger partial charge on any atom is 0.278 e. The number of fused-ring (bicyclic) bond motifs is 1. The summed E-state index contributed by atoms with van der Waals surface area (Å²) in [5.74, 6) is -3.26. The van der Waals surface area contributed by atoms with Gasteiger partial charge in [-0.1, -0.05) is 12.1 Å². The summed E-state index contributed by atoms with van der Waals surface area (Å²) in [4.78, 5) is 59.4. The molecule has 5 N–H and O–H groups in total. The van der Waals surface area contributed by atoms with Crippen LogP contribution in [0.4, 0.5) is 5.13 Å². The van der Waals surface area contributed by atoms with Gasteiger partial charge in [0.05, 0.1) is 17.2 Å². The van der Waals surface area contributed by atoms with Crippen LogP contribution in [0.5, 0.6) is 0 Å². The molecule has 0 spiro atoms. The molecule has 4 rings (SSSR count). The lowest BCUT2D eigenvalue weighted by Gasteiger charge is -2.50. The van der Waals surface area contributed by atoms with Crippen LogP contribution in [0.3, 0.4) is 0 Å². The summed E-state index contributed by atoms with van der Waals surface area (Å²) in [5, 5.41) is 17.9. The number of hydrogen-bond acceptors (Lipinski definition) is 12. The Morgan fingerprint density at radius 1 is 1.35 bits per heavy atom. The monoisotopic (exact) mass is 546 g/mol. The highest BCUT2D eigenvalue weighted by Gasteiger charge is 2.53. The van der Waals surface area contributed by atoms with Crippen LogP contribution in [-0.4, -0.2) is 67.4 Å². The molecule has 0 aromatic carbocycles. The van der Waals surface area contributed by atoms with E-state index in [1.807, 2.05) is 6.92 Å².